The van der Waals surface area contributed by atoms with E-state index in [1.165, 1.54) is 0 Å². The van der Waals surface area contributed by atoms with Crippen LogP contribution in [0.4, 0.5) is 5.69 Å². The van der Waals surface area contributed by atoms with Gasteiger partial charge in [-0.15, -0.1) is 10.5 Å². The molecule has 2 aliphatic heterocycles. The standard InChI is InChI=1S/C17H16N4O3S2/c18-26(23,24)8-11-1-3-12(4-2-11)19-9-25-10-20-15-6-5-14-13(17(15)25)7-16(22)21-14/h1-7,9-10,17,19H,8H2,(H,21,22)(H2,18,23,24). The quantitative estimate of drug-likeness (QED) is 0.672. The molecule has 0 saturated heterocycles. The van der Waals surface area contributed by atoms with E-state index in [9.17, 15) is 13.2 Å². The lowest BCUT2D eigenvalue weighted by Gasteiger charge is -2.19. The number of nitrogens with one attached hydrogen (secondary N) is 2. The van der Waals surface area contributed by atoms with Crippen LogP contribution in [0.3, 0.4) is 0 Å². The summed E-state index contributed by atoms with van der Waals surface area (Å²) in [7, 11) is -3.84. The SMILES string of the molecule is NS(=O)(=O)Cc1ccc(NC=S2C=NC3=CC=C4NC(=O)C=C4C32)cc1. The molecule has 1 amide bonds. The minimum Gasteiger partial charge on any atom is -0.357 e. The summed E-state index contributed by atoms with van der Waals surface area (Å²) in [4.78, 5) is 16.1. The van der Waals surface area contributed by atoms with E-state index in [1.54, 1.807) is 30.3 Å². The molecule has 2 heterocycles. The lowest BCUT2D eigenvalue weighted by Crippen LogP contribution is -2.19. The highest BCUT2D eigenvalue weighted by atomic mass is 32.2. The predicted octanol–water partition coefficient (Wildman–Crippen LogP) is 1.16. The average Bonchev–Trinajstić information content (AvgIpc) is 3.14. The minimum atomic E-state index is -3.54. The number of amides is 1. The number of rotatable bonds is 4. The first-order valence-electron chi connectivity index (χ1n) is 7.78. The first-order chi connectivity index (χ1) is 12.4. The van der Waals surface area contributed by atoms with Gasteiger partial charge in [-0.3, -0.25) is 9.79 Å². The fourth-order valence-corrected chi connectivity index (χ4v) is 5.37. The summed E-state index contributed by atoms with van der Waals surface area (Å²) in [6.45, 7) is 0. The van der Waals surface area contributed by atoms with Crippen LogP contribution in [-0.4, -0.2) is 30.6 Å². The van der Waals surface area contributed by atoms with Crippen LogP contribution in [0.1, 0.15) is 5.56 Å². The summed E-state index contributed by atoms with van der Waals surface area (Å²) >= 11 is 0. The number of nitrogens with zero attached hydrogens (tertiary/aromatic N) is 1. The highest BCUT2D eigenvalue weighted by Crippen LogP contribution is 2.42. The fourth-order valence-electron chi connectivity index (χ4n) is 2.97. The zero-order valence-electron chi connectivity index (χ0n) is 13.5. The Kier molecular flexibility index (Phi) is 4.14. The van der Waals surface area contributed by atoms with Crippen LogP contribution < -0.4 is 15.8 Å². The number of primary sulfonamides is 1. The van der Waals surface area contributed by atoms with Gasteiger partial charge in [0.25, 0.3) is 0 Å². The third-order valence-corrected chi connectivity index (χ3v) is 6.62. The summed E-state index contributed by atoms with van der Waals surface area (Å²) in [5.74, 6) is -0.288. The summed E-state index contributed by atoms with van der Waals surface area (Å²) < 4.78 is 22.3. The Hall–Kier alpha value is -2.49. The number of allylic oxidation sites excluding steroid dienone is 3. The van der Waals surface area contributed by atoms with E-state index in [0.29, 0.717) is 5.56 Å². The molecule has 7 nitrogen and oxygen atoms in total. The van der Waals surface area contributed by atoms with Crippen LogP contribution in [0.15, 0.2) is 64.5 Å². The van der Waals surface area contributed by atoms with Gasteiger partial charge < -0.3 is 10.6 Å². The van der Waals surface area contributed by atoms with E-state index in [-0.39, 0.29) is 27.4 Å². The first kappa shape index (κ1) is 17.0. The monoisotopic (exact) mass is 388 g/mol. The minimum absolute atomic E-state index is 0.0445. The molecule has 1 aromatic carbocycles. The van der Waals surface area contributed by atoms with Crippen molar-refractivity contribution < 1.29 is 13.2 Å². The maximum Gasteiger partial charge on any atom is 0.248 e. The lowest BCUT2D eigenvalue weighted by atomic mass is 10.0. The van der Waals surface area contributed by atoms with E-state index in [2.05, 4.69) is 15.6 Å². The van der Waals surface area contributed by atoms with E-state index < -0.39 is 10.0 Å². The molecule has 1 aliphatic carbocycles. The molecule has 0 fully saturated rings. The van der Waals surface area contributed by atoms with E-state index >= 15 is 0 Å². The molecule has 0 aromatic heterocycles. The normalized spacial score (nSPS) is 23.7. The van der Waals surface area contributed by atoms with Gasteiger partial charge in [0.1, 0.15) is 0 Å². The number of aliphatic imine (C=N–C) groups is 1. The number of benzene rings is 1. The number of carbonyl (C=O) groups excluding carboxylic acids is 1. The second-order valence-corrected chi connectivity index (χ2v) is 9.40. The van der Waals surface area contributed by atoms with Crippen LogP contribution in [0, 0.1) is 0 Å². The number of anilines is 1. The van der Waals surface area contributed by atoms with Gasteiger partial charge in [0.2, 0.25) is 15.9 Å². The van der Waals surface area contributed by atoms with E-state index in [0.717, 1.165) is 22.7 Å². The number of fused-ring (bicyclic) bond motifs is 3. The van der Waals surface area contributed by atoms with Crippen molar-refractivity contribution in [3.05, 3.63) is 65.0 Å². The Morgan fingerprint density at radius 1 is 1.27 bits per heavy atom. The third kappa shape index (κ3) is 3.41. The Morgan fingerprint density at radius 2 is 2.04 bits per heavy atom. The molecule has 0 saturated carbocycles. The summed E-state index contributed by atoms with van der Waals surface area (Å²) in [6.07, 6.45) is 5.45. The number of sulfonamides is 1. The fraction of sp³-hybridized carbons (Fsp3) is 0.118. The summed E-state index contributed by atoms with van der Waals surface area (Å²) in [6, 6.07) is 7.05. The zero-order chi connectivity index (χ0) is 18.3. The van der Waals surface area contributed by atoms with Crippen LogP contribution in [0.5, 0.6) is 0 Å². The highest BCUT2D eigenvalue weighted by molar-refractivity contribution is 8.27. The van der Waals surface area contributed by atoms with Crippen molar-refractivity contribution in [1.29, 1.82) is 0 Å². The van der Waals surface area contributed by atoms with Crippen molar-refractivity contribution >= 4 is 43.1 Å². The smallest absolute Gasteiger partial charge is 0.248 e. The van der Waals surface area contributed by atoms with Crippen molar-refractivity contribution in [1.82, 2.24) is 5.32 Å². The first-order valence-corrected chi connectivity index (χ1v) is 10.9. The molecule has 0 bridgehead atoms. The second-order valence-electron chi connectivity index (χ2n) is 6.05. The maximum atomic E-state index is 11.6. The van der Waals surface area contributed by atoms with Gasteiger partial charge in [0, 0.05) is 28.5 Å². The molecule has 2 atom stereocenters. The van der Waals surface area contributed by atoms with Crippen molar-refractivity contribution in [2.75, 3.05) is 5.32 Å². The second kappa shape index (κ2) is 6.35. The van der Waals surface area contributed by atoms with E-state index in [4.69, 9.17) is 5.14 Å². The van der Waals surface area contributed by atoms with Crippen LogP contribution in [-0.2, 0) is 20.6 Å². The maximum absolute atomic E-state index is 11.6. The molecule has 0 radical (unpaired) electrons. The molecule has 9 heteroatoms. The van der Waals surface area contributed by atoms with Crippen molar-refractivity contribution in [3.8, 4) is 0 Å². The average molecular weight is 388 g/mol. The van der Waals surface area contributed by atoms with E-state index in [1.807, 2.05) is 23.2 Å². The zero-order valence-corrected chi connectivity index (χ0v) is 15.2. The van der Waals surface area contributed by atoms with Crippen LogP contribution >= 0.6 is 10.5 Å². The van der Waals surface area contributed by atoms with Gasteiger partial charge in [-0.05, 0) is 29.8 Å². The number of nitrogens with two attached hydrogens (primary N) is 1. The van der Waals surface area contributed by atoms with Gasteiger partial charge in [-0.25, -0.2) is 13.6 Å². The Labute approximate surface area is 153 Å². The largest absolute Gasteiger partial charge is 0.357 e. The Morgan fingerprint density at radius 3 is 2.77 bits per heavy atom. The molecule has 4 N–H and O–H groups in total. The molecule has 2 unspecified atom stereocenters. The number of hydrogen-bond donors (Lipinski definition) is 3. The highest BCUT2D eigenvalue weighted by Gasteiger charge is 2.34. The number of carbonyl (C=O) groups is 1. The van der Waals surface area contributed by atoms with Crippen molar-refractivity contribution in [2.45, 2.75) is 11.0 Å². The molecule has 134 valence electrons. The molecule has 0 spiro atoms. The van der Waals surface area contributed by atoms with Crippen LogP contribution in [0.25, 0.3) is 0 Å². The molecular weight excluding hydrogens is 372 g/mol. The topological polar surface area (TPSA) is 114 Å². The lowest BCUT2D eigenvalue weighted by molar-refractivity contribution is -0.115. The van der Waals surface area contributed by atoms with Gasteiger partial charge in [-0.1, -0.05) is 12.1 Å². The molecule has 26 heavy (non-hydrogen) atoms. The van der Waals surface area contributed by atoms with Gasteiger partial charge >= 0.3 is 0 Å². The van der Waals surface area contributed by atoms with Crippen molar-refractivity contribution in [2.24, 2.45) is 10.1 Å². The molecule has 3 aliphatic rings. The van der Waals surface area contributed by atoms with Gasteiger partial charge in [0.05, 0.1) is 22.2 Å². The van der Waals surface area contributed by atoms with Crippen LogP contribution in [0.2, 0.25) is 0 Å². The summed E-state index contributed by atoms with van der Waals surface area (Å²) in [5, 5.41) is 11.2. The molecule has 1 aromatic rings. The Balaban J connectivity index is 1.52. The Bertz CT molecular complexity index is 1050. The predicted molar refractivity (Wildman–Crippen MR) is 105 cm³/mol. The molecule has 4 rings (SSSR count). The molecular formula is C17H16N4O3S2. The van der Waals surface area contributed by atoms with Gasteiger partial charge in [-0.2, -0.15) is 0 Å². The summed E-state index contributed by atoms with van der Waals surface area (Å²) in [5.41, 5.74) is 8.07. The number of hydrogen-bond acceptors (Lipinski definition) is 4. The van der Waals surface area contributed by atoms with Gasteiger partial charge in [0.15, 0.2) is 0 Å². The third-order valence-electron chi connectivity index (χ3n) is 4.11. The van der Waals surface area contributed by atoms with Crippen molar-refractivity contribution in [3.63, 3.8) is 0 Å².